The number of likely N-dealkylation sites (tertiary alicyclic amines) is 1. The number of amides is 1. The van der Waals surface area contributed by atoms with Crippen LogP contribution in [-0.4, -0.2) is 56.4 Å². The van der Waals surface area contributed by atoms with Crippen LogP contribution in [0.3, 0.4) is 0 Å². The summed E-state index contributed by atoms with van der Waals surface area (Å²) in [5.41, 5.74) is 2.19. The number of rotatable bonds is 3. The summed E-state index contributed by atoms with van der Waals surface area (Å²) in [6, 6.07) is 4.03. The van der Waals surface area contributed by atoms with Gasteiger partial charge in [0.25, 0.3) is 5.91 Å². The molecule has 1 fully saturated rings. The fraction of sp³-hybridized carbons (Fsp3) is 0.556. The van der Waals surface area contributed by atoms with Crippen molar-refractivity contribution in [2.75, 3.05) is 19.7 Å². The summed E-state index contributed by atoms with van der Waals surface area (Å²) in [7, 11) is 0. The highest BCUT2D eigenvalue weighted by molar-refractivity contribution is 5.92. The third kappa shape index (κ3) is 3.49. The molecule has 0 aliphatic carbocycles. The van der Waals surface area contributed by atoms with Crippen molar-refractivity contribution in [1.82, 2.24) is 24.6 Å². The van der Waals surface area contributed by atoms with Crippen molar-refractivity contribution in [3.8, 4) is 11.9 Å². The third-order valence-corrected chi connectivity index (χ3v) is 4.63. The van der Waals surface area contributed by atoms with Gasteiger partial charge in [-0.3, -0.25) is 4.79 Å². The molecule has 2 aliphatic rings. The Balaban J connectivity index is 1.44. The molecule has 2 aromatic heterocycles. The van der Waals surface area contributed by atoms with Crippen LogP contribution in [0.25, 0.3) is 0 Å². The van der Waals surface area contributed by atoms with Crippen molar-refractivity contribution in [2.24, 2.45) is 0 Å². The van der Waals surface area contributed by atoms with E-state index in [9.17, 15) is 4.79 Å². The molecular weight excluding hydrogens is 334 g/mol. The molecule has 4 rings (SSSR count). The fourth-order valence-electron chi connectivity index (χ4n) is 3.45. The SMILES string of the molecule is Cc1cc(C)nc(OC2CCCN(C(=O)c3cc4n(n3)CCCO4)C2)n1. The summed E-state index contributed by atoms with van der Waals surface area (Å²) in [5, 5.41) is 4.39. The lowest BCUT2D eigenvalue weighted by Crippen LogP contribution is -2.44. The zero-order chi connectivity index (χ0) is 18.1. The number of ether oxygens (including phenoxy) is 2. The van der Waals surface area contributed by atoms with Gasteiger partial charge in [0.15, 0.2) is 5.69 Å². The van der Waals surface area contributed by atoms with E-state index < -0.39 is 0 Å². The minimum Gasteiger partial charge on any atom is -0.478 e. The van der Waals surface area contributed by atoms with Crippen LogP contribution in [0.2, 0.25) is 0 Å². The van der Waals surface area contributed by atoms with Crippen LogP contribution in [0.1, 0.15) is 41.1 Å². The van der Waals surface area contributed by atoms with E-state index >= 15 is 0 Å². The standard InChI is InChI=1S/C18H23N5O3/c1-12-9-13(2)20-18(19-12)26-14-5-3-6-22(11-14)17(24)15-10-16-23(21-15)7-4-8-25-16/h9-10,14H,3-8,11H2,1-2H3. The highest BCUT2D eigenvalue weighted by Crippen LogP contribution is 2.22. The van der Waals surface area contributed by atoms with Gasteiger partial charge < -0.3 is 14.4 Å². The second-order valence-corrected chi connectivity index (χ2v) is 6.86. The topological polar surface area (TPSA) is 82.4 Å². The summed E-state index contributed by atoms with van der Waals surface area (Å²) < 4.78 is 13.3. The second-order valence-electron chi connectivity index (χ2n) is 6.86. The zero-order valence-corrected chi connectivity index (χ0v) is 15.1. The molecule has 1 saturated heterocycles. The van der Waals surface area contributed by atoms with E-state index in [1.807, 2.05) is 19.9 Å². The first-order chi connectivity index (χ1) is 12.6. The number of piperidine rings is 1. The minimum atomic E-state index is -0.109. The third-order valence-electron chi connectivity index (χ3n) is 4.63. The molecule has 8 nitrogen and oxygen atoms in total. The summed E-state index contributed by atoms with van der Waals surface area (Å²) >= 11 is 0. The number of aryl methyl sites for hydroxylation is 3. The van der Waals surface area contributed by atoms with E-state index in [1.54, 1.807) is 15.6 Å². The molecular formula is C18H23N5O3. The molecule has 1 amide bonds. The van der Waals surface area contributed by atoms with Gasteiger partial charge in [-0.2, -0.15) is 5.10 Å². The molecule has 2 aromatic rings. The minimum absolute atomic E-state index is 0.0786. The Kier molecular flexibility index (Phi) is 4.48. The number of carbonyl (C=O) groups is 1. The number of carbonyl (C=O) groups excluding carboxylic acids is 1. The molecule has 1 unspecified atom stereocenters. The maximum absolute atomic E-state index is 12.8. The molecule has 0 saturated carbocycles. The van der Waals surface area contributed by atoms with Gasteiger partial charge in [0.1, 0.15) is 6.10 Å². The summed E-state index contributed by atoms with van der Waals surface area (Å²) in [6.07, 6.45) is 2.56. The predicted octanol–water partition coefficient (Wildman–Crippen LogP) is 1.76. The van der Waals surface area contributed by atoms with Crippen molar-refractivity contribution in [3.63, 3.8) is 0 Å². The largest absolute Gasteiger partial charge is 0.478 e. The first-order valence-corrected chi connectivity index (χ1v) is 9.07. The Morgan fingerprint density at radius 3 is 2.77 bits per heavy atom. The van der Waals surface area contributed by atoms with Gasteiger partial charge in [-0.1, -0.05) is 0 Å². The van der Waals surface area contributed by atoms with E-state index in [1.165, 1.54) is 0 Å². The molecule has 8 heteroatoms. The summed E-state index contributed by atoms with van der Waals surface area (Å²) in [5.74, 6) is 0.596. The summed E-state index contributed by atoms with van der Waals surface area (Å²) in [6.45, 7) is 6.52. The van der Waals surface area contributed by atoms with Gasteiger partial charge in [0.05, 0.1) is 13.2 Å². The van der Waals surface area contributed by atoms with Gasteiger partial charge in [-0.15, -0.1) is 0 Å². The zero-order valence-electron chi connectivity index (χ0n) is 15.1. The van der Waals surface area contributed by atoms with Crippen LogP contribution in [-0.2, 0) is 6.54 Å². The molecule has 4 heterocycles. The second kappa shape index (κ2) is 6.93. The molecule has 0 aromatic carbocycles. The Hall–Kier alpha value is -2.64. The Labute approximate surface area is 152 Å². The smallest absolute Gasteiger partial charge is 0.317 e. The number of aromatic nitrogens is 4. The maximum Gasteiger partial charge on any atom is 0.317 e. The van der Waals surface area contributed by atoms with Crippen LogP contribution in [0.5, 0.6) is 11.9 Å². The van der Waals surface area contributed by atoms with Crippen LogP contribution in [0.4, 0.5) is 0 Å². The molecule has 0 spiro atoms. The van der Waals surface area contributed by atoms with Gasteiger partial charge >= 0.3 is 6.01 Å². The van der Waals surface area contributed by atoms with Crippen LogP contribution in [0, 0.1) is 13.8 Å². The molecule has 26 heavy (non-hydrogen) atoms. The van der Waals surface area contributed by atoms with Crippen molar-refractivity contribution < 1.29 is 14.3 Å². The molecule has 0 radical (unpaired) electrons. The van der Waals surface area contributed by atoms with Crippen LogP contribution in [0.15, 0.2) is 12.1 Å². The molecule has 2 aliphatic heterocycles. The van der Waals surface area contributed by atoms with Crippen LogP contribution < -0.4 is 9.47 Å². The fourth-order valence-corrected chi connectivity index (χ4v) is 3.45. The van der Waals surface area contributed by atoms with Crippen molar-refractivity contribution >= 4 is 5.91 Å². The quantitative estimate of drug-likeness (QED) is 0.832. The molecule has 138 valence electrons. The average Bonchev–Trinajstić information content (AvgIpc) is 3.04. The van der Waals surface area contributed by atoms with E-state index in [2.05, 4.69) is 15.1 Å². The lowest BCUT2D eigenvalue weighted by molar-refractivity contribution is 0.0509. The highest BCUT2D eigenvalue weighted by Gasteiger charge is 2.29. The van der Waals surface area contributed by atoms with E-state index in [0.717, 1.165) is 37.2 Å². The van der Waals surface area contributed by atoms with Gasteiger partial charge in [-0.25, -0.2) is 14.6 Å². The molecule has 0 bridgehead atoms. The number of hydrogen-bond acceptors (Lipinski definition) is 6. The Bertz CT molecular complexity index is 775. The monoisotopic (exact) mass is 357 g/mol. The van der Waals surface area contributed by atoms with Crippen molar-refractivity contribution in [1.29, 1.82) is 0 Å². The van der Waals surface area contributed by atoms with Gasteiger partial charge in [0.2, 0.25) is 5.88 Å². The van der Waals surface area contributed by atoms with Gasteiger partial charge in [0, 0.05) is 37.0 Å². The number of fused-ring (bicyclic) bond motifs is 1. The Morgan fingerprint density at radius 2 is 2.00 bits per heavy atom. The molecule has 0 N–H and O–H groups in total. The van der Waals surface area contributed by atoms with E-state index in [4.69, 9.17) is 9.47 Å². The van der Waals surface area contributed by atoms with Gasteiger partial charge in [-0.05, 0) is 32.8 Å². The van der Waals surface area contributed by atoms with E-state index in [0.29, 0.717) is 37.3 Å². The molecule has 1 atom stereocenters. The van der Waals surface area contributed by atoms with E-state index in [-0.39, 0.29) is 12.0 Å². The first-order valence-electron chi connectivity index (χ1n) is 9.07. The van der Waals surface area contributed by atoms with Crippen molar-refractivity contribution in [2.45, 2.75) is 45.8 Å². The normalized spacial score (nSPS) is 19.6. The van der Waals surface area contributed by atoms with Crippen molar-refractivity contribution in [3.05, 3.63) is 29.2 Å². The van der Waals surface area contributed by atoms with Crippen LogP contribution >= 0.6 is 0 Å². The lowest BCUT2D eigenvalue weighted by Gasteiger charge is -2.31. The highest BCUT2D eigenvalue weighted by atomic mass is 16.5. The summed E-state index contributed by atoms with van der Waals surface area (Å²) in [4.78, 5) is 23.3. The number of hydrogen-bond donors (Lipinski definition) is 0. The number of nitrogens with zero attached hydrogens (tertiary/aromatic N) is 5. The first kappa shape index (κ1) is 16.8. The lowest BCUT2D eigenvalue weighted by atomic mass is 10.1. The average molecular weight is 357 g/mol. The Morgan fingerprint density at radius 1 is 1.19 bits per heavy atom. The predicted molar refractivity (Wildman–Crippen MR) is 93.4 cm³/mol. The maximum atomic E-state index is 12.8.